The molecule has 1 aromatic carbocycles. The van der Waals surface area contributed by atoms with Crippen LogP contribution in [0.4, 0.5) is 4.39 Å². The van der Waals surface area contributed by atoms with Crippen molar-refractivity contribution in [2.24, 2.45) is 0 Å². The minimum Gasteiger partial charge on any atom is -0.361 e. The van der Waals surface area contributed by atoms with Crippen molar-refractivity contribution < 1.29 is 26.9 Å². The van der Waals surface area contributed by atoms with Crippen LogP contribution >= 0.6 is 0 Å². The normalized spacial score (nSPS) is 19.5. The van der Waals surface area contributed by atoms with E-state index >= 15 is 0 Å². The monoisotopic (exact) mass is 395 g/mol. The SMILES string of the molecule is Cc1noc(C)c1C(=O)N1CCC1(C)C(=O)NS(=O)(=O)c1cccc(F)c1. The summed E-state index contributed by atoms with van der Waals surface area (Å²) < 4.78 is 45.0. The van der Waals surface area contributed by atoms with Crippen molar-refractivity contribution >= 4 is 21.8 Å². The number of carbonyl (C=O) groups excluding carboxylic acids is 2. The van der Waals surface area contributed by atoms with Crippen molar-refractivity contribution in [3.8, 4) is 0 Å². The van der Waals surface area contributed by atoms with Crippen LogP contribution in [0.25, 0.3) is 0 Å². The minimum atomic E-state index is -4.27. The molecule has 1 aliphatic rings. The van der Waals surface area contributed by atoms with Crippen molar-refractivity contribution in [1.29, 1.82) is 0 Å². The van der Waals surface area contributed by atoms with Crippen molar-refractivity contribution in [2.75, 3.05) is 6.54 Å². The highest BCUT2D eigenvalue weighted by Gasteiger charge is 2.51. The average Bonchev–Trinajstić information content (AvgIpc) is 2.91. The molecule has 0 radical (unpaired) electrons. The Hall–Kier alpha value is -2.75. The van der Waals surface area contributed by atoms with E-state index < -0.39 is 33.2 Å². The van der Waals surface area contributed by atoms with Gasteiger partial charge in [0.25, 0.3) is 21.8 Å². The number of aryl methyl sites for hydroxylation is 2. The fourth-order valence-electron chi connectivity index (χ4n) is 2.97. The molecule has 10 heteroatoms. The number of hydrogen-bond acceptors (Lipinski definition) is 6. The number of nitrogens with zero attached hydrogens (tertiary/aromatic N) is 2. The predicted octanol–water partition coefficient (Wildman–Crippen LogP) is 1.54. The Morgan fingerprint density at radius 1 is 1.33 bits per heavy atom. The Labute approximate surface area is 155 Å². The fourth-order valence-corrected chi connectivity index (χ4v) is 4.08. The standard InChI is InChI=1S/C17H18FN3O5S/c1-10-14(11(2)26-19-10)15(22)21-8-7-17(21,3)16(23)20-27(24,25)13-6-4-5-12(18)9-13/h4-6,9H,7-8H2,1-3H3,(H,20,23). The van der Waals surface area contributed by atoms with E-state index in [-0.39, 0.29) is 23.4 Å². The van der Waals surface area contributed by atoms with Crippen molar-refractivity contribution in [3.05, 3.63) is 47.1 Å². The third-order valence-electron chi connectivity index (χ3n) is 4.73. The van der Waals surface area contributed by atoms with E-state index in [0.717, 1.165) is 12.1 Å². The summed E-state index contributed by atoms with van der Waals surface area (Å²) in [7, 11) is -4.27. The van der Waals surface area contributed by atoms with Gasteiger partial charge in [-0.25, -0.2) is 17.5 Å². The molecule has 0 aliphatic carbocycles. The average molecular weight is 395 g/mol. The van der Waals surface area contributed by atoms with E-state index in [9.17, 15) is 22.4 Å². The molecule has 1 aliphatic heterocycles. The Morgan fingerprint density at radius 2 is 2.04 bits per heavy atom. The summed E-state index contributed by atoms with van der Waals surface area (Å²) in [5.74, 6) is -1.74. The number of carbonyl (C=O) groups is 2. The van der Waals surface area contributed by atoms with Crippen LogP contribution in [0.5, 0.6) is 0 Å². The van der Waals surface area contributed by atoms with Crippen molar-refractivity contribution in [2.45, 2.75) is 37.6 Å². The largest absolute Gasteiger partial charge is 0.361 e. The molecule has 1 atom stereocenters. The Bertz CT molecular complexity index is 1010. The predicted molar refractivity (Wildman–Crippen MR) is 91.8 cm³/mol. The number of rotatable bonds is 4. The van der Waals surface area contributed by atoms with Gasteiger partial charge in [0.1, 0.15) is 22.7 Å². The van der Waals surface area contributed by atoms with Crippen LogP contribution in [0.15, 0.2) is 33.7 Å². The molecule has 1 N–H and O–H groups in total. The van der Waals surface area contributed by atoms with Crippen LogP contribution < -0.4 is 4.72 Å². The second-order valence-electron chi connectivity index (χ2n) is 6.57. The zero-order valence-electron chi connectivity index (χ0n) is 14.9. The number of hydrogen-bond donors (Lipinski definition) is 1. The molecule has 144 valence electrons. The van der Waals surface area contributed by atoms with E-state index in [2.05, 4.69) is 5.16 Å². The van der Waals surface area contributed by atoms with E-state index in [1.807, 2.05) is 4.72 Å². The number of amides is 2. The number of halogens is 1. The van der Waals surface area contributed by atoms with Crippen molar-refractivity contribution in [1.82, 2.24) is 14.8 Å². The van der Waals surface area contributed by atoms with Gasteiger partial charge in [-0.05, 0) is 45.4 Å². The van der Waals surface area contributed by atoms with Crippen LogP contribution in [0.2, 0.25) is 0 Å². The molecular weight excluding hydrogens is 377 g/mol. The molecule has 27 heavy (non-hydrogen) atoms. The quantitative estimate of drug-likeness (QED) is 0.841. The Balaban J connectivity index is 1.83. The van der Waals surface area contributed by atoms with E-state index in [4.69, 9.17) is 4.52 Å². The summed E-state index contributed by atoms with van der Waals surface area (Å²) in [6, 6.07) is 4.31. The summed E-state index contributed by atoms with van der Waals surface area (Å²) >= 11 is 0. The zero-order valence-corrected chi connectivity index (χ0v) is 15.8. The maximum Gasteiger partial charge on any atom is 0.264 e. The maximum absolute atomic E-state index is 13.3. The van der Waals surface area contributed by atoms with Gasteiger partial charge < -0.3 is 9.42 Å². The lowest BCUT2D eigenvalue weighted by atomic mass is 9.85. The molecule has 1 unspecified atom stereocenters. The van der Waals surface area contributed by atoms with E-state index in [0.29, 0.717) is 11.5 Å². The smallest absolute Gasteiger partial charge is 0.264 e. The van der Waals surface area contributed by atoms with Gasteiger partial charge in [0.15, 0.2) is 0 Å². The first-order valence-corrected chi connectivity index (χ1v) is 9.62. The first-order valence-electron chi connectivity index (χ1n) is 8.14. The number of aromatic nitrogens is 1. The molecule has 2 heterocycles. The topological polar surface area (TPSA) is 110 Å². The molecule has 1 fully saturated rings. The number of nitrogens with one attached hydrogen (secondary N) is 1. The molecule has 0 spiro atoms. The minimum absolute atomic E-state index is 0.252. The van der Waals surface area contributed by atoms with Crippen LogP contribution in [0.3, 0.4) is 0 Å². The summed E-state index contributed by atoms with van der Waals surface area (Å²) in [6.45, 7) is 4.95. The molecule has 0 saturated carbocycles. The highest BCUT2D eigenvalue weighted by Crippen LogP contribution is 2.33. The van der Waals surface area contributed by atoms with Crippen LogP contribution in [0, 0.1) is 19.7 Å². The first-order chi connectivity index (χ1) is 12.6. The van der Waals surface area contributed by atoms with Gasteiger partial charge >= 0.3 is 0 Å². The molecule has 2 aromatic rings. The van der Waals surface area contributed by atoms with E-state index in [1.165, 1.54) is 24.0 Å². The summed E-state index contributed by atoms with van der Waals surface area (Å²) in [4.78, 5) is 26.3. The highest BCUT2D eigenvalue weighted by atomic mass is 32.2. The highest BCUT2D eigenvalue weighted by molar-refractivity contribution is 7.90. The fraction of sp³-hybridized carbons (Fsp3) is 0.353. The Morgan fingerprint density at radius 3 is 2.56 bits per heavy atom. The molecule has 1 saturated heterocycles. The van der Waals surface area contributed by atoms with Gasteiger partial charge in [0, 0.05) is 6.54 Å². The lowest BCUT2D eigenvalue weighted by molar-refractivity contribution is -0.135. The third kappa shape index (κ3) is 3.20. The van der Waals surface area contributed by atoms with Gasteiger partial charge in [-0.1, -0.05) is 11.2 Å². The van der Waals surface area contributed by atoms with Crippen LogP contribution in [-0.4, -0.2) is 42.4 Å². The second kappa shape index (κ2) is 6.45. The number of likely N-dealkylation sites (tertiary alicyclic amines) is 1. The number of sulfonamides is 1. The molecule has 1 aromatic heterocycles. The van der Waals surface area contributed by atoms with E-state index in [1.54, 1.807) is 13.8 Å². The van der Waals surface area contributed by atoms with Gasteiger partial charge in [-0.3, -0.25) is 9.59 Å². The lowest BCUT2D eigenvalue weighted by Crippen LogP contribution is -2.67. The maximum atomic E-state index is 13.3. The molecular formula is C17H18FN3O5S. The molecule has 2 amide bonds. The molecule has 8 nitrogen and oxygen atoms in total. The van der Waals surface area contributed by atoms with Gasteiger partial charge in [-0.15, -0.1) is 0 Å². The summed E-state index contributed by atoms with van der Waals surface area (Å²) in [6.07, 6.45) is 0.284. The van der Waals surface area contributed by atoms with Gasteiger partial charge in [-0.2, -0.15) is 0 Å². The van der Waals surface area contributed by atoms with Crippen LogP contribution in [-0.2, 0) is 14.8 Å². The third-order valence-corrected chi connectivity index (χ3v) is 6.06. The molecule has 0 bridgehead atoms. The van der Waals surface area contributed by atoms with Gasteiger partial charge in [0.05, 0.1) is 10.6 Å². The zero-order chi connectivity index (χ0) is 20.0. The van der Waals surface area contributed by atoms with Gasteiger partial charge in [0.2, 0.25) is 0 Å². The van der Waals surface area contributed by atoms with Crippen molar-refractivity contribution in [3.63, 3.8) is 0 Å². The first kappa shape index (κ1) is 19.0. The number of benzene rings is 1. The second-order valence-corrected chi connectivity index (χ2v) is 8.25. The van der Waals surface area contributed by atoms with Crippen LogP contribution in [0.1, 0.15) is 35.2 Å². The molecule has 3 rings (SSSR count). The Kier molecular flexibility index (Phi) is 4.54. The summed E-state index contributed by atoms with van der Waals surface area (Å²) in [5.41, 5.74) is -0.713. The summed E-state index contributed by atoms with van der Waals surface area (Å²) in [5, 5.41) is 3.72. The lowest BCUT2D eigenvalue weighted by Gasteiger charge is -2.48.